The maximum Gasteiger partial charge on any atom is 0.150 e. The summed E-state index contributed by atoms with van der Waals surface area (Å²) in [6.07, 6.45) is 4.78. The van der Waals surface area contributed by atoms with Gasteiger partial charge in [-0.3, -0.25) is 4.79 Å². The molecule has 8 heteroatoms. The Morgan fingerprint density at radius 2 is 1.63 bits per heavy atom. The van der Waals surface area contributed by atoms with Crippen LogP contribution in [0.1, 0.15) is 59.4 Å². The third-order valence-electron chi connectivity index (χ3n) is 7.66. The molecule has 0 bridgehead atoms. The van der Waals surface area contributed by atoms with Gasteiger partial charge in [0.25, 0.3) is 0 Å². The first-order chi connectivity index (χ1) is 19.7. The molecule has 1 heterocycles. The van der Waals surface area contributed by atoms with Crippen molar-refractivity contribution < 1.29 is 32.3 Å². The largest absolute Gasteiger partial charge is 0.379 e. The van der Waals surface area contributed by atoms with Crippen molar-refractivity contribution in [2.45, 2.75) is 66.3 Å². The summed E-state index contributed by atoms with van der Waals surface area (Å²) < 4.78 is 42.2. The molecular formula is C33H48F3NO4. The molecule has 2 unspecified atom stereocenters. The number of carbonyl (C=O) groups is 3. The Balaban J connectivity index is 0.000000777. The highest BCUT2D eigenvalue weighted by Gasteiger charge is 2.48. The van der Waals surface area contributed by atoms with Crippen molar-refractivity contribution in [3.05, 3.63) is 59.9 Å². The molecule has 1 saturated carbocycles. The van der Waals surface area contributed by atoms with Gasteiger partial charge in [0.1, 0.15) is 37.2 Å². The Bertz CT molecular complexity index is 1010. The topological polar surface area (TPSA) is 72.5 Å². The maximum absolute atomic E-state index is 15.1. The molecule has 0 spiro atoms. The van der Waals surface area contributed by atoms with Gasteiger partial charge in [-0.2, -0.15) is 0 Å². The van der Waals surface area contributed by atoms with Gasteiger partial charge in [-0.25, -0.2) is 13.2 Å². The van der Waals surface area contributed by atoms with Crippen LogP contribution in [0.25, 0.3) is 11.1 Å². The summed E-state index contributed by atoms with van der Waals surface area (Å²) in [7, 11) is 2.05. The van der Waals surface area contributed by atoms with Crippen LogP contribution in [-0.4, -0.2) is 58.5 Å². The first-order valence-corrected chi connectivity index (χ1v) is 14.2. The van der Waals surface area contributed by atoms with Crippen LogP contribution >= 0.6 is 0 Å². The predicted molar refractivity (Wildman–Crippen MR) is 160 cm³/mol. The fraction of sp³-hybridized carbons (Fsp3) is 0.545. The molecule has 41 heavy (non-hydrogen) atoms. The summed E-state index contributed by atoms with van der Waals surface area (Å²) in [6.45, 7) is 11.0. The number of ether oxygens (including phenoxy) is 1. The quantitative estimate of drug-likeness (QED) is 0.307. The third-order valence-corrected chi connectivity index (χ3v) is 7.66. The fourth-order valence-electron chi connectivity index (χ4n) is 5.01. The molecule has 2 aromatic carbocycles. The van der Waals surface area contributed by atoms with Gasteiger partial charge in [0.2, 0.25) is 0 Å². The van der Waals surface area contributed by atoms with E-state index < -0.39 is 18.8 Å². The molecule has 1 aliphatic heterocycles. The molecule has 2 fully saturated rings. The zero-order chi connectivity index (χ0) is 31.5. The first kappa shape index (κ1) is 38.2. The van der Waals surface area contributed by atoms with E-state index in [9.17, 15) is 13.6 Å². The van der Waals surface area contributed by atoms with Crippen LogP contribution in [0.2, 0.25) is 0 Å². The van der Waals surface area contributed by atoms with Gasteiger partial charge in [-0.15, -0.1) is 0 Å². The van der Waals surface area contributed by atoms with Crippen molar-refractivity contribution in [2.75, 3.05) is 33.6 Å². The van der Waals surface area contributed by atoms with E-state index in [0.29, 0.717) is 22.9 Å². The Morgan fingerprint density at radius 1 is 1.07 bits per heavy atom. The van der Waals surface area contributed by atoms with Gasteiger partial charge < -0.3 is 19.6 Å². The number of carbonyl (C=O) groups excluding carboxylic acids is 3. The Hall–Kier alpha value is -2.84. The standard InChI is InChI=1S/C22H28FN.C6H9FO2.C2H3FO.C2H6.CH2O/c1-4-22(13-14-22)21(24-3)16(2)15-18-11-8-12-19(20(18)23)17-9-6-5-7-10-17;1-5(8)6(2-7)3-9-4-6;3-1-2-4;2*1-2/h5-12,16,21,24H,4,13-15H2,1-3H3;2-4H2,1H3;2H,1H2;1-2H3;1H2. The van der Waals surface area contributed by atoms with Crippen molar-refractivity contribution >= 4 is 18.9 Å². The lowest BCUT2D eigenvalue weighted by Gasteiger charge is -2.36. The Morgan fingerprint density at radius 3 is 1.98 bits per heavy atom. The average molecular weight is 580 g/mol. The molecule has 2 aliphatic rings. The van der Waals surface area contributed by atoms with Gasteiger partial charge in [-0.1, -0.05) is 76.2 Å². The lowest BCUT2D eigenvalue weighted by molar-refractivity contribution is -0.160. The molecule has 2 atom stereocenters. The van der Waals surface area contributed by atoms with Gasteiger partial charge in [0.05, 0.1) is 13.2 Å². The lowest BCUT2D eigenvalue weighted by Crippen LogP contribution is -2.49. The number of nitrogens with one attached hydrogen (secondary N) is 1. The summed E-state index contributed by atoms with van der Waals surface area (Å²) in [4.78, 5) is 27.5. The summed E-state index contributed by atoms with van der Waals surface area (Å²) in [5.74, 6) is 0.251. The lowest BCUT2D eigenvalue weighted by atomic mass is 9.81. The van der Waals surface area contributed by atoms with Crippen LogP contribution in [0.15, 0.2) is 48.5 Å². The third kappa shape index (κ3) is 10.8. The maximum atomic E-state index is 15.1. The van der Waals surface area contributed by atoms with Crippen LogP contribution in [0.3, 0.4) is 0 Å². The van der Waals surface area contributed by atoms with E-state index in [0.717, 1.165) is 17.5 Å². The minimum absolute atomic E-state index is 0.0632. The van der Waals surface area contributed by atoms with Crippen molar-refractivity contribution in [3.8, 4) is 11.1 Å². The second kappa shape index (κ2) is 20.1. The zero-order valence-corrected chi connectivity index (χ0v) is 25.5. The van der Waals surface area contributed by atoms with E-state index in [2.05, 4.69) is 19.2 Å². The molecule has 1 aliphatic carbocycles. The SMILES string of the molecule is C=O.CC.CC(=O)C1(CF)COC1.CCC1(C(NC)C(C)Cc2cccc(-c3ccccc3)c2F)CC1.O=CCF. The number of Topliss-reactive ketones (excluding diaryl/α,β-unsaturated/α-hetero) is 1. The van der Waals surface area contributed by atoms with Gasteiger partial charge in [0, 0.05) is 11.6 Å². The van der Waals surface area contributed by atoms with Crippen LogP contribution in [0.4, 0.5) is 13.2 Å². The van der Waals surface area contributed by atoms with E-state index in [1.807, 2.05) is 76.2 Å². The predicted octanol–water partition coefficient (Wildman–Crippen LogP) is 7.01. The van der Waals surface area contributed by atoms with Crippen molar-refractivity contribution in [1.29, 1.82) is 0 Å². The number of rotatable bonds is 10. The number of ketones is 1. The molecule has 1 N–H and O–H groups in total. The highest BCUT2D eigenvalue weighted by Crippen LogP contribution is 2.53. The monoisotopic (exact) mass is 579 g/mol. The van der Waals surface area contributed by atoms with E-state index in [-0.39, 0.29) is 31.1 Å². The number of halogens is 3. The number of alkyl halides is 2. The average Bonchev–Trinajstić information content (AvgIpc) is 3.78. The summed E-state index contributed by atoms with van der Waals surface area (Å²) >= 11 is 0. The van der Waals surface area contributed by atoms with Gasteiger partial charge >= 0.3 is 0 Å². The highest BCUT2D eigenvalue weighted by molar-refractivity contribution is 5.83. The zero-order valence-electron chi connectivity index (χ0n) is 25.5. The smallest absolute Gasteiger partial charge is 0.150 e. The van der Waals surface area contributed by atoms with Gasteiger partial charge in [-0.05, 0) is 62.1 Å². The van der Waals surface area contributed by atoms with Crippen molar-refractivity contribution in [2.24, 2.45) is 16.7 Å². The van der Waals surface area contributed by atoms with Crippen LogP contribution < -0.4 is 5.32 Å². The number of hydrogen-bond acceptors (Lipinski definition) is 5. The van der Waals surface area contributed by atoms with Crippen LogP contribution in [0, 0.1) is 22.6 Å². The molecule has 230 valence electrons. The minimum atomic E-state index is -0.861. The fourth-order valence-corrected chi connectivity index (χ4v) is 5.01. The summed E-state index contributed by atoms with van der Waals surface area (Å²) in [5.41, 5.74) is 2.15. The molecule has 0 aromatic heterocycles. The molecule has 2 aromatic rings. The summed E-state index contributed by atoms with van der Waals surface area (Å²) in [6, 6.07) is 16.1. The highest BCUT2D eigenvalue weighted by atomic mass is 19.1. The Kier molecular flexibility index (Phi) is 18.7. The van der Waals surface area contributed by atoms with E-state index in [1.54, 1.807) is 0 Å². The van der Waals surface area contributed by atoms with Crippen LogP contribution in [-0.2, 0) is 25.5 Å². The second-order valence-electron chi connectivity index (χ2n) is 10.1. The molecular weight excluding hydrogens is 531 g/mol. The molecule has 1 saturated heterocycles. The number of benzene rings is 2. The normalized spacial score (nSPS) is 16.5. The number of aldehydes is 1. The summed E-state index contributed by atoms with van der Waals surface area (Å²) in [5, 5.41) is 3.52. The molecule has 4 rings (SSSR count). The van der Waals surface area contributed by atoms with Crippen molar-refractivity contribution in [3.63, 3.8) is 0 Å². The van der Waals surface area contributed by atoms with E-state index in [4.69, 9.17) is 14.3 Å². The molecule has 0 amide bonds. The molecule has 0 radical (unpaired) electrons. The first-order valence-electron chi connectivity index (χ1n) is 14.2. The van der Waals surface area contributed by atoms with Gasteiger partial charge in [0.15, 0.2) is 6.29 Å². The number of hydrogen-bond donors (Lipinski definition) is 1. The van der Waals surface area contributed by atoms with Crippen LogP contribution in [0.5, 0.6) is 0 Å². The van der Waals surface area contributed by atoms with E-state index >= 15 is 4.39 Å². The second-order valence-corrected chi connectivity index (χ2v) is 10.1. The van der Waals surface area contributed by atoms with Crippen molar-refractivity contribution in [1.82, 2.24) is 5.32 Å². The van der Waals surface area contributed by atoms with E-state index in [1.165, 1.54) is 26.2 Å². The minimum Gasteiger partial charge on any atom is -0.379 e. The Labute approximate surface area is 244 Å². The molecule has 5 nitrogen and oxygen atoms in total.